The number of thiophene rings is 1. The van der Waals surface area contributed by atoms with Gasteiger partial charge in [-0.2, -0.15) is 0 Å². The molecule has 0 saturated heterocycles. The van der Waals surface area contributed by atoms with Gasteiger partial charge in [-0.15, -0.1) is 11.3 Å². The number of urea groups is 1. The minimum Gasteiger partial charge on any atom is -0.341 e. The van der Waals surface area contributed by atoms with Crippen molar-refractivity contribution in [3.63, 3.8) is 0 Å². The largest absolute Gasteiger partial charge is 0.341 e. The second kappa shape index (κ2) is 7.79. The van der Waals surface area contributed by atoms with Crippen LogP contribution in [0, 0.1) is 0 Å². The normalized spacial score (nSPS) is 14.3. The van der Waals surface area contributed by atoms with E-state index >= 15 is 0 Å². The average molecular weight is 395 g/mol. The lowest BCUT2D eigenvalue weighted by atomic mass is 10.2. The highest BCUT2D eigenvalue weighted by atomic mass is 32.2. The molecule has 7 nitrogen and oxygen atoms in total. The number of rotatable bonds is 5. The Morgan fingerprint density at radius 1 is 1.38 bits per heavy atom. The maximum atomic E-state index is 13.1. The van der Waals surface area contributed by atoms with E-state index in [1.165, 1.54) is 23.7 Å². The molecule has 0 fully saturated rings. The van der Waals surface area contributed by atoms with Gasteiger partial charge in [-0.1, -0.05) is 18.7 Å². The maximum absolute atomic E-state index is 13.1. The lowest BCUT2D eigenvalue weighted by Crippen LogP contribution is -2.41. The second-order valence-corrected chi connectivity index (χ2v) is 8.61. The summed E-state index contributed by atoms with van der Waals surface area (Å²) < 4.78 is 1.67. The van der Waals surface area contributed by atoms with Gasteiger partial charge in [0.25, 0.3) is 5.56 Å². The van der Waals surface area contributed by atoms with Crippen LogP contribution < -0.4 is 16.2 Å². The van der Waals surface area contributed by atoms with Crippen LogP contribution in [0.3, 0.4) is 0 Å². The number of carbonyl (C=O) groups is 2. The summed E-state index contributed by atoms with van der Waals surface area (Å²) in [4.78, 5) is 43.3. The van der Waals surface area contributed by atoms with E-state index in [9.17, 15) is 14.4 Å². The van der Waals surface area contributed by atoms with Gasteiger partial charge in [0.1, 0.15) is 4.83 Å². The Kier molecular flexibility index (Phi) is 5.67. The van der Waals surface area contributed by atoms with Gasteiger partial charge in [0, 0.05) is 18.5 Å². The molecule has 2 heterocycles. The van der Waals surface area contributed by atoms with Gasteiger partial charge in [0.15, 0.2) is 5.16 Å². The number of aryl methyl sites for hydroxylation is 2. The molecule has 2 aromatic rings. The van der Waals surface area contributed by atoms with E-state index in [1.54, 1.807) is 22.8 Å². The number of thioether (sulfide) groups is 1. The summed E-state index contributed by atoms with van der Waals surface area (Å²) >= 11 is 2.80. The molecule has 0 aromatic carbocycles. The highest BCUT2D eigenvalue weighted by molar-refractivity contribution is 8.00. The topological polar surface area (TPSA) is 93.1 Å². The standard InChI is InChI=1S/C17H22N4O3S2/c1-4-8-21-15(23)12-10-6-5-7-11(10)26-14(12)20-17(21)25-9(2)13(22)19-16(24)18-3/h9H,4-8H2,1-3H3,(H2,18,19,22,24)/t9-/m1/s1. The average Bonchev–Trinajstić information content (AvgIpc) is 3.18. The predicted molar refractivity (Wildman–Crippen MR) is 104 cm³/mol. The first kappa shape index (κ1) is 18.9. The Balaban J connectivity index is 1.97. The molecule has 3 rings (SSSR count). The Hall–Kier alpha value is -1.87. The second-order valence-electron chi connectivity index (χ2n) is 6.22. The minimum atomic E-state index is -0.550. The lowest BCUT2D eigenvalue weighted by molar-refractivity contribution is -0.119. The Morgan fingerprint density at radius 2 is 2.15 bits per heavy atom. The Labute approximate surface area is 159 Å². The van der Waals surface area contributed by atoms with Gasteiger partial charge in [-0.25, -0.2) is 9.78 Å². The van der Waals surface area contributed by atoms with E-state index in [1.807, 2.05) is 6.92 Å². The molecule has 26 heavy (non-hydrogen) atoms. The number of imide groups is 1. The minimum absolute atomic E-state index is 0.0161. The Bertz CT molecular complexity index is 919. The first-order valence-corrected chi connectivity index (χ1v) is 10.4. The van der Waals surface area contributed by atoms with E-state index < -0.39 is 17.2 Å². The van der Waals surface area contributed by atoms with E-state index in [0.29, 0.717) is 11.7 Å². The van der Waals surface area contributed by atoms with Gasteiger partial charge in [-0.3, -0.25) is 19.5 Å². The predicted octanol–water partition coefficient (Wildman–Crippen LogP) is 2.29. The quantitative estimate of drug-likeness (QED) is 0.600. The molecular formula is C17H22N4O3S2. The van der Waals surface area contributed by atoms with Crippen LogP contribution in [0.1, 0.15) is 37.1 Å². The van der Waals surface area contributed by atoms with Crippen molar-refractivity contribution >= 4 is 45.3 Å². The number of carbonyl (C=O) groups excluding carboxylic acids is 2. The third-order valence-electron chi connectivity index (χ3n) is 4.35. The fraction of sp³-hybridized carbons (Fsp3) is 0.529. The summed E-state index contributed by atoms with van der Waals surface area (Å²) in [5, 5.41) is 5.35. The van der Waals surface area contributed by atoms with Crippen LogP contribution in [-0.4, -0.2) is 33.8 Å². The third kappa shape index (κ3) is 3.50. The number of hydrogen-bond donors (Lipinski definition) is 2. The fourth-order valence-corrected chi connectivity index (χ4v) is 5.29. The maximum Gasteiger partial charge on any atom is 0.321 e. The van der Waals surface area contributed by atoms with Gasteiger partial charge >= 0.3 is 6.03 Å². The zero-order valence-corrected chi connectivity index (χ0v) is 16.7. The van der Waals surface area contributed by atoms with Crippen LogP contribution in [0.2, 0.25) is 0 Å². The zero-order valence-electron chi connectivity index (χ0n) is 15.0. The van der Waals surface area contributed by atoms with Gasteiger partial charge < -0.3 is 5.32 Å². The third-order valence-corrected chi connectivity index (χ3v) is 6.63. The van der Waals surface area contributed by atoms with Crippen molar-refractivity contribution in [3.05, 3.63) is 20.8 Å². The summed E-state index contributed by atoms with van der Waals surface area (Å²) in [5.74, 6) is -0.416. The molecule has 9 heteroatoms. The van der Waals surface area contributed by atoms with E-state index in [-0.39, 0.29) is 5.56 Å². The first-order valence-electron chi connectivity index (χ1n) is 8.70. The number of nitrogens with zero attached hydrogens (tertiary/aromatic N) is 2. The fourth-order valence-electron chi connectivity index (χ4n) is 3.06. The van der Waals surface area contributed by atoms with E-state index in [4.69, 9.17) is 4.98 Å². The summed E-state index contributed by atoms with van der Waals surface area (Å²) in [7, 11) is 1.45. The van der Waals surface area contributed by atoms with Crippen LogP contribution in [0.4, 0.5) is 4.79 Å². The molecule has 2 aromatic heterocycles. The number of nitrogens with one attached hydrogen (secondary N) is 2. The van der Waals surface area contributed by atoms with E-state index in [0.717, 1.165) is 41.5 Å². The molecule has 0 unspecified atom stereocenters. The van der Waals surface area contributed by atoms with Crippen LogP contribution >= 0.6 is 23.1 Å². The molecule has 1 atom stereocenters. The van der Waals surface area contributed by atoms with Crippen LogP contribution in [0.15, 0.2) is 9.95 Å². The molecule has 1 aliphatic carbocycles. The monoisotopic (exact) mass is 394 g/mol. The SMILES string of the molecule is CCCn1c(S[C@H](C)C(=O)NC(=O)NC)nc2sc3c(c2c1=O)CCC3. The van der Waals surface area contributed by atoms with Gasteiger partial charge in [-0.05, 0) is 38.2 Å². The summed E-state index contributed by atoms with van der Waals surface area (Å²) in [6.45, 7) is 4.26. The smallest absolute Gasteiger partial charge is 0.321 e. The van der Waals surface area contributed by atoms with Crippen molar-refractivity contribution in [1.29, 1.82) is 0 Å². The van der Waals surface area contributed by atoms with Crippen molar-refractivity contribution in [2.75, 3.05) is 7.05 Å². The highest BCUT2D eigenvalue weighted by Crippen LogP contribution is 2.36. The number of fused-ring (bicyclic) bond motifs is 3. The van der Waals surface area contributed by atoms with Crippen LogP contribution in [-0.2, 0) is 24.2 Å². The Morgan fingerprint density at radius 3 is 2.85 bits per heavy atom. The van der Waals surface area contributed by atoms with Gasteiger partial charge in [0.05, 0.1) is 10.6 Å². The molecular weight excluding hydrogens is 372 g/mol. The van der Waals surface area contributed by atoms with Crippen LogP contribution in [0.5, 0.6) is 0 Å². The van der Waals surface area contributed by atoms with Crippen molar-refractivity contribution < 1.29 is 9.59 Å². The molecule has 140 valence electrons. The molecule has 0 radical (unpaired) electrons. The van der Waals surface area contributed by atoms with Crippen LogP contribution in [0.25, 0.3) is 10.2 Å². The van der Waals surface area contributed by atoms with E-state index in [2.05, 4.69) is 10.6 Å². The number of hydrogen-bond acceptors (Lipinski definition) is 6. The molecule has 2 N–H and O–H groups in total. The molecule has 0 spiro atoms. The molecule has 3 amide bonds. The number of amides is 3. The molecule has 0 aliphatic heterocycles. The lowest BCUT2D eigenvalue weighted by Gasteiger charge is -2.15. The van der Waals surface area contributed by atoms with Crippen molar-refractivity contribution in [1.82, 2.24) is 20.2 Å². The van der Waals surface area contributed by atoms with Gasteiger partial charge in [0.2, 0.25) is 5.91 Å². The first-order chi connectivity index (χ1) is 12.5. The molecule has 0 saturated carbocycles. The molecule has 1 aliphatic rings. The molecule has 0 bridgehead atoms. The highest BCUT2D eigenvalue weighted by Gasteiger charge is 2.25. The number of aromatic nitrogens is 2. The summed E-state index contributed by atoms with van der Waals surface area (Å²) in [6.07, 6.45) is 3.84. The summed E-state index contributed by atoms with van der Waals surface area (Å²) in [5.41, 5.74) is 1.15. The summed E-state index contributed by atoms with van der Waals surface area (Å²) in [6, 6.07) is -0.550. The van der Waals surface area contributed by atoms with Crippen molar-refractivity contribution in [2.45, 2.75) is 56.5 Å². The van der Waals surface area contributed by atoms with Crippen molar-refractivity contribution in [2.24, 2.45) is 0 Å². The zero-order chi connectivity index (χ0) is 18.8. The van der Waals surface area contributed by atoms with Crippen molar-refractivity contribution in [3.8, 4) is 0 Å².